The van der Waals surface area contributed by atoms with Gasteiger partial charge in [0, 0.05) is 22.5 Å². The lowest BCUT2D eigenvalue weighted by Gasteiger charge is -2.36. The summed E-state index contributed by atoms with van der Waals surface area (Å²) in [6, 6.07) is 3.79. The van der Waals surface area contributed by atoms with Crippen molar-refractivity contribution in [2.75, 3.05) is 18.5 Å². The predicted molar refractivity (Wildman–Crippen MR) is 115 cm³/mol. The van der Waals surface area contributed by atoms with Crippen molar-refractivity contribution in [1.29, 1.82) is 0 Å². The standard InChI is InChI=1S/C21H26BrClN2O3/c22-15-8-16(23)20-17(24-19(26)7-14-5-3-1-2-4-6-14)10-25(18(20)9-15)11-21(27)12-28-13-21/h8-10,14,27H,1-7,11-13H2,(H,24,26). The third kappa shape index (κ3) is 4.40. The first-order chi connectivity index (χ1) is 13.4. The van der Waals surface area contributed by atoms with Crippen molar-refractivity contribution < 1.29 is 14.6 Å². The van der Waals surface area contributed by atoms with Gasteiger partial charge in [0.1, 0.15) is 5.60 Å². The van der Waals surface area contributed by atoms with Crippen molar-refractivity contribution >= 4 is 50.0 Å². The number of nitrogens with zero attached hydrogens (tertiary/aromatic N) is 1. The predicted octanol–water partition coefficient (Wildman–Crippen LogP) is 5.12. The molecule has 1 aromatic heterocycles. The second kappa shape index (κ2) is 8.34. The van der Waals surface area contributed by atoms with Crippen LogP contribution in [0, 0.1) is 5.92 Å². The molecule has 152 valence electrons. The normalized spacial score (nSPS) is 20.0. The van der Waals surface area contributed by atoms with Crippen LogP contribution in [0.4, 0.5) is 5.69 Å². The van der Waals surface area contributed by atoms with E-state index in [1.807, 2.05) is 22.9 Å². The largest absolute Gasteiger partial charge is 0.383 e. The quantitative estimate of drug-likeness (QED) is 0.598. The fraction of sp³-hybridized carbons (Fsp3) is 0.571. The Hall–Kier alpha value is -1.08. The highest BCUT2D eigenvalue weighted by atomic mass is 79.9. The minimum absolute atomic E-state index is 0.0376. The van der Waals surface area contributed by atoms with E-state index in [0.29, 0.717) is 42.8 Å². The van der Waals surface area contributed by atoms with Gasteiger partial charge in [-0.05, 0) is 30.9 Å². The van der Waals surface area contributed by atoms with Crippen molar-refractivity contribution in [2.45, 2.75) is 57.1 Å². The number of hydrogen-bond donors (Lipinski definition) is 2. The number of nitrogens with one attached hydrogen (secondary N) is 1. The molecule has 2 aromatic rings. The van der Waals surface area contributed by atoms with E-state index < -0.39 is 5.60 Å². The monoisotopic (exact) mass is 468 g/mol. The molecule has 2 aliphatic rings. The minimum Gasteiger partial charge on any atom is -0.383 e. The van der Waals surface area contributed by atoms with E-state index in [1.165, 1.54) is 25.7 Å². The molecule has 1 saturated heterocycles. The van der Waals surface area contributed by atoms with Crippen LogP contribution < -0.4 is 5.32 Å². The van der Waals surface area contributed by atoms with Crippen LogP contribution in [0.1, 0.15) is 44.9 Å². The van der Waals surface area contributed by atoms with Crippen molar-refractivity contribution in [3.63, 3.8) is 0 Å². The number of rotatable bonds is 5. The van der Waals surface area contributed by atoms with Crippen molar-refractivity contribution in [2.24, 2.45) is 5.92 Å². The maximum atomic E-state index is 12.7. The second-order valence-corrected chi connectivity index (χ2v) is 9.60. The van der Waals surface area contributed by atoms with Crippen LogP contribution in [-0.4, -0.2) is 34.4 Å². The third-order valence-electron chi connectivity index (χ3n) is 5.83. The first-order valence-corrected chi connectivity index (χ1v) is 11.2. The zero-order valence-corrected chi connectivity index (χ0v) is 18.2. The molecular formula is C21H26BrClN2O3. The van der Waals surface area contributed by atoms with E-state index in [2.05, 4.69) is 21.2 Å². The second-order valence-electron chi connectivity index (χ2n) is 8.28. The van der Waals surface area contributed by atoms with E-state index in [0.717, 1.165) is 28.2 Å². The average Bonchev–Trinajstić information content (AvgIpc) is 2.78. The SMILES string of the molecule is O=C(CC1CCCCCC1)Nc1cn(CC2(O)COC2)c2cc(Br)cc(Cl)c12. The van der Waals surface area contributed by atoms with Gasteiger partial charge < -0.3 is 19.7 Å². The number of amides is 1. The summed E-state index contributed by atoms with van der Waals surface area (Å²) in [7, 11) is 0. The zero-order chi connectivity index (χ0) is 19.7. The Morgan fingerprint density at radius 1 is 1.29 bits per heavy atom. The summed E-state index contributed by atoms with van der Waals surface area (Å²) >= 11 is 10.0. The van der Waals surface area contributed by atoms with Crippen LogP contribution in [0.3, 0.4) is 0 Å². The van der Waals surface area contributed by atoms with Crippen LogP contribution in [0.15, 0.2) is 22.8 Å². The van der Waals surface area contributed by atoms with Gasteiger partial charge in [-0.15, -0.1) is 0 Å². The number of ether oxygens (including phenoxy) is 1. The molecule has 28 heavy (non-hydrogen) atoms. The summed E-state index contributed by atoms with van der Waals surface area (Å²) in [5, 5.41) is 15.0. The van der Waals surface area contributed by atoms with Crippen LogP contribution >= 0.6 is 27.5 Å². The summed E-state index contributed by atoms with van der Waals surface area (Å²) in [6.45, 7) is 1.03. The van der Waals surface area contributed by atoms with E-state index in [4.69, 9.17) is 16.3 Å². The van der Waals surface area contributed by atoms with Crippen LogP contribution in [0.2, 0.25) is 5.02 Å². The number of hydrogen-bond acceptors (Lipinski definition) is 3. The van der Waals surface area contributed by atoms with E-state index >= 15 is 0 Å². The lowest BCUT2D eigenvalue weighted by atomic mass is 9.96. The van der Waals surface area contributed by atoms with Gasteiger partial charge >= 0.3 is 0 Å². The lowest BCUT2D eigenvalue weighted by molar-refractivity contribution is -0.184. The molecule has 1 aliphatic heterocycles. The highest BCUT2D eigenvalue weighted by Gasteiger charge is 2.37. The van der Waals surface area contributed by atoms with Gasteiger partial charge in [0.05, 0.1) is 36.0 Å². The molecule has 5 nitrogen and oxygen atoms in total. The summed E-state index contributed by atoms with van der Waals surface area (Å²) in [5.41, 5.74) is 0.710. The number of anilines is 1. The van der Waals surface area contributed by atoms with Gasteiger partial charge in [-0.2, -0.15) is 0 Å². The highest BCUT2D eigenvalue weighted by Crippen LogP contribution is 2.37. The minimum atomic E-state index is -0.873. The molecule has 2 N–H and O–H groups in total. The van der Waals surface area contributed by atoms with Crippen LogP contribution in [0.5, 0.6) is 0 Å². The summed E-state index contributed by atoms with van der Waals surface area (Å²) < 4.78 is 7.98. The summed E-state index contributed by atoms with van der Waals surface area (Å²) in [4.78, 5) is 12.7. The number of halogens is 2. The molecule has 1 saturated carbocycles. The number of carbonyl (C=O) groups is 1. The first kappa shape index (κ1) is 20.2. The Bertz CT molecular complexity index is 870. The Morgan fingerprint density at radius 2 is 2.00 bits per heavy atom. The summed E-state index contributed by atoms with van der Waals surface area (Å²) in [5.74, 6) is 0.504. The van der Waals surface area contributed by atoms with Crippen LogP contribution in [0.25, 0.3) is 10.9 Å². The fourth-order valence-corrected chi connectivity index (χ4v) is 5.24. The van der Waals surface area contributed by atoms with Gasteiger partial charge in [-0.1, -0.05) is 53.2 Å². The Labute approximate surface area is 178 Å². The zero-order valence-electron chi connectivity index (χ0n) is 15.8. The first-order valence-electron chi connectivity index (χ1n) is 10.0. The van der Waals surface area contributed by atoms with Crippen molar-refractivity contribution in [3.8, 4) is 0 Å². The molecular weight excluding hydrogens is 444 g/mol. The molecule has 0 bridgehead atoms. The molecule has 0 spiro atoms. The summed E-state index contributed by atoms with van der Waals surface area (Å²) in [6.07, 6.45) is 9.70. The fourth-order valence-electron chi connectivity index (χ4n) is 4.35. The topological polar surface area (TPSA) is 63.5 Å². The van der Waals surface area contributed by atoms with Crippen molar-refractivity contribution in [1.82, 2.24) is 4.57 Å². The molecule has 1 aliphatic carbocycles. The van der Waals surface area contributed by atoms with Gasteiger partial charge in [0.25, 0.3) is 0 Å². The number of fused-ring (bicyclic) bond motifs is 1. The molecule has 0 unspecified atom stereocenters. The molecule has 0 radical (unpaired) electrons. The number of benzene rings is 1. The molecule has 1 aromatic carbocycles. The lowest BCUT2D eigenvalue weighted by Crippen LogP contribution is -2.52. The highest BCUT2D eigenvalue weighted by molar-refractivity contribution is 9.10. The molecule has 1 amide bonds. The van der Waals surface area contributed by atoms with Gasteiger partial charge in [-0.25, -0.2) is 0 Å². The smallest absolute Gasteiger partial charge is 0.224 e. The van der Waals surface area contributed by atoms with E-state index in [9.17, 15) is 9.90 Å². The Kier molecular flexibility index (Phi) is 6.02. The average molecular weight is 470 g/mol. The van der Waals surface area contributed by atoms with Crippen LogP contribution in [-0.2, 0) is 16.1 Å². The van der Waals surface area contributed by atoms with Crippen molar-refractivity contribution in [3.05, 3.63) is 27.8 Å². The van der Waals surface area contributed by atoms with Gasteiger partial charge in [-0.3, -0.25) is 4.79 Å². The Balaban J connectivity index is 1.58. The number of carbonyl (C=O) groups excluding carboxylic acids is 1. The number of aliphatic hydroxyl groups is 1. The van der Waals surface area contributed by atoms with E-state index in [-0.39, 0.29) is 5.91 Å². The Morgan fingerprint density at radius 3 is 2.64 bits per heavy atom. The van der Waals surface area contributed by atoms with Gasteiger partial charge in [0.2, 0.25) is 5.91 Å². The molecule has 2 heterocycles. The maximum absolute atomic E-state index is 12.7. The maximum Gasteiger partial charge on any atom is 0.224 e. The molecule has 4 rings (SSSR count). The molecule has 7 heteroatoms. The molecule has 0 atom stereocenters. The van der Waals surface area contributed by atoms with Gasteiger partial charge in [0.15, 0.2) is 0 Å². The third-order valence-corrected chi connectivity index (χ3v) is 6.58. The molecule has 2 fully saturated rings. The number of aromatic nitrogens is 1. The van der Waals surface area contributed by atoms with E-state index in [1.54, 1.807) is 0 Å².